The van der Waals surface area contributed by atoms with E-state index in [1.807, 2.05) is 23.4 Å². The van der Waals surface area contributed by atoms with Crippen molar-refractivity contribution in [3.05, 3.63) is 43.5 Å². The van der Waals surface area contributed by atoms with Crippen molar-refractivity contribution in [3.63, 3.8) is 0 Å². The highest BCUT2D eigenvalue weighted by Gasteiger charge is 2.20. The van der Waals surface area contributed by atoms with Crippen molar-refractivity contribution in [1.29, 1.82) is 0 Å². The van der Waals surface area contributed by atoms with Gasteiger partial charge in [0.15, 0.2) is 0 Å². The summed E-state index contributed by atoms with van der Waals surface area (Å²) in [6.45, 7) is 0.629. The molecule has 7 heteroatoms. The van der Waals surface area contributed by atoms with E-state index in [1.54, 1.807) is 23.5 Å². The fourth-order valence-electron chi connectivity index (χ4n) is 2.02. The third-order valence-corrected chi connectivity index (χ3v) is 4.86. The van der Waals surface area contributed by atoms with E-state index in [1.165, 1.54) is 7.11 Å². The molecule has 1 aromatic carbocycles. The first-order valence-corrected chi connectivity index (χ1v) is 8.08. The monoisotopic (exact) mass is 388 g/mol. The van der Waals surface area contributed by atoms with E-state index >= 15 is 0 Å². The van der Waals surface area contributed by atoms with E-state index in [9.17, 15) is 4.79 Å². The second-order valence-corrected chi connectivity index (χ2v) is 6.80. The predicted octanol–water partition coefficient (Wildman–Crippen LogP) is 4.17. The van der Waals surface area contributed by atoms with Crippen molar-refractivity contribution < 1.29 is 9.53 Å². The number of anilines is 2. The summed E-state index contributed by atoms with van der Waals surface area (Å²) in [5.41, 5.74) is 7.16. The van der Waals surface area contributed by atoms with Crippen LogP contribution >= 0.6 is 38.9 Å². The lowest BCUT2D eigenvalue weighted by molar-refractivity contribution is 0.0601. The van der Waals surface area contributed by atoms with E-state index < -0.39 is 5.97 Å². The number of hydrogen-bond acceptors (Lipinski definition) is 5. The van der Waals surface area contributed by atoms with E-state index in [2.05, 4.69) is 15.9 Å². The maximum atomic E-state index is 11.9. The van der Waals surface area contributed by atoms with Gasteiger partial charge in [0, 0.05) is 27.5 Å². The van der Waals surface area contributed by atoms with Crippen molar-refractivity contribution in [1.82, 2.24) is 0 Å². The van der Waals surface area contributed by atoms with Crippen LogP contribution in [0.15, 0.2) is 28.1 Å². The molecule has 0 saturated heterocycles. The average molecular weight is 390 g/mol. The molecule has 1 heterocycles. The fourth-order valence-corrected chi connectivity index (χ4v) is 3.90. The Labute approximate surface area is 140 Å². The van der Waals surface area contributed by atoms with E-state index in [4.69, 9.17) is 22.1 Å². The Morgan fingerprint density at radius 1 is 1.48 bits per heavy atom. The highest BCUT2D eigenvalue weighted by molar-refractivity contribution is 9.10. The molecule has 0 bridgehead atoms. The van der Waals surface area contributed by atoms with Crippen molar-refractivity contribution >= 4 is 56.2 Å². The second-order valence-electron chi connectivity index (χ2n) is 4.48. The van der Waals surface area contributed by atoms with Gasteiger partial charge in [-0.25, -0.2) is 4.79 Å². The molecular weight excluding hydrogens is 376 g/mol. The van der Waals surface area contributed by atoms with Crippen molar-refractivity contribution in [2.75, 3.05) is 24.8 Å². The zero-order chi connectivity index (χ0) is 15.6. The van der Waals surface area contributed by atoms with Crippen LogP contribution in [0.25, 0.3) is 0 Å². The van der Waals surface area contributed by atoms with Gasteiger partial charge < -0.3 is 15.4 Å². The lowest BCUT2D eigenvalue weighted by Gasteiger charge is -2.22. The predicted molar refractivity (Wildman–Crippen MR) is 91.3 cm³/mol. The lowest BCUT2D eigenvalue weighted by Crippen LogP contribution is -2.20. The third-order valence-electron chi connectivity index (χ3n) is 2.89. The molecular formula is C14H14BrClN2O2S. The Morgan fingerprint density at radius 3 is 2.76 bits per heavy atom. The SMILES string of the molecule is COC(=O)c1cc(N)cc(Cl)c1N(C)Cc1cc(Br)cs1. The number of benzene rings is 1. The summed E-state index contributed by atoms with van der Waals surface area (Å²) in [5, 5.41) is 2.43. The molecule has 0 spiro atoms. The Balaban J connectivity index is 2.39. The van der Waals surface area contributed by atoms with Gasteiger partial charge in [0.1, 0.15) is 0 Å². The standard InChI is InChI=1S/C14H14BrClN2O2S/c1-18(6-10-3-8(15)7-21-10)13-11(14(19)20-2)4-9(17)5-12(13)16/h3-5,7H,6,17H2,1-2H3. The van der Waals surface area contributed by atoms with Crippen LogP contribution in [-0.4, -0.2) is 20.1 Å². The number of carbonyl (C=O) groups is 1. The Morgan fingerprint density at radius 2 is 2.19 bits per heavy atom. The van der Waals surface area contributed by atoms with E-state index in [0.29, 0.717) is 28.5 Å². The van der Waals surface area contributed by atoms with Crippen LogP contribution in [0.1, 0.15) is 15.2 Å². The maximum Gasteiger partial charge on any atom is 0.340 e. The quantitative estimate of drug-likeness (QED) is 0.630. The van der Waals surface area contributed by atoms with Gasteiger partial charge in [-0.2, -0.15) is 0 Å². The second kappa shape index (κ2) is 6.68. The summed E-state index contributed by atoms with van der Waals surface area (Å²) in [4.78, 5) is 15.0. The molecule has 2 rings (SSSR count). The average Bonchev–Trinajstić information content (AvgIpc) is 2.81. The molecule has 112 valence electrons. The smallest absolute Gasteiger partial charge is 0.340 e. The van der Waals surface area contributed by atoms with Crippen LogP contribution in [0, 0.1) is 0 Å². The number of methoxy groups -OCH3 is 1. The Bertz CT molecular complexity index is 675. The summed E-state index contributed by atoms with van der Waals surface area (Å²) in [6.07, 6.45) is 0. The highest BCUT2D eigenvalue weighted by atomic mass is 79.9. The summed E-state index contributed by atoms with van der Waals surface area (Å²) >= 11 is 11.3. The van der Waals surface area contributed by atoms with Gasteiger partial charge in [-0.15, -0.1) is 11.3 Å². The van der Waals surface area contributed by atoms with Crippen LogP contribution in [0.2, 0.25) is 5.02 Å². The number of nitrogen functional groups attached to an aromatic ring is 1. The van der Waals surface area contributed by atoms with E-state index in [-0.39, 0.29) is 0 Å². The number of nitrogens with zero attached hydrogens (tertiary/aromatic N) is 1. The minimum atomic E-state index is -0.460. The van der Waals surface area contributed by atoms with Gasteiger partial charge in [0.05, 0.1) is 29.9 Å². The zero-order valence-corrected chi connectivity index (χ0v) is 14.7. The van der Waals surface area contributed by atoms with Crippen molar-refractivity contribution in [3.8, 4) is 0 Å². The van der Waals surface area contributed by atoms with Gasteiger partial charge in [-0.1, -0.05) is 11.6 Å². The molecule has 2 aromatic rings. The molecule has 0 fully saturated rings. The molecule has 0 amide bonds. The number of rotatable bonds is 4. The minimum absolute atomic E-state index is 0.362. The van der Waals surface area contributed by atoms with Crippen LogP contribution in [0.3, 0.4) is 0 Å². The van der Waals surface area contributed by atoms with Gasteiger partial charge >= 0.3 is 5.97 Å². The van der Waals surface area contributed by atoms with Crippen LogP contribution in [0.5, 0.6) is 0 Å². The summed E-state index contributed by atoms with van der Waals surface area (Å²) < 4.78 is 5.84. The van der Waals surface area contributed by atoms with Crippen LogP contribution in [-0.2, 0) is 11.3 Å². The molecule has 21 heavy (non-hydrogen) atoms. The third kappa shape index (κ3) is 3.70. The largest absolute Gasteiger partial charge is 0.465 e. The van der Waals surface area contributed by atoms with Crippen LogP contribution < -0.4 is 10.6 Å². The van der Waals surface area contributed by atoms with Crippen molar-refractivity contribution in [2.24, 2.45) is 0 Å². The topological polar surface area (TPSA) is 55.6 Å². The molecule has 0 aliphatic carbocycles. The lowest BCUT2D eigenvalue weighted by atomic mass is 10.1. The first-order chi connectivity index (χ1) is 9.92. The first kappa shape index (κ1) is 16.1. The highest BCUT2D eigenvalue weighted by Crippen LogP contribution is 2.34. The van der Waals surface area contributed by atoms with E-state index in [0.717, 1.165) is 9.35 Å². The molecule has 2 N–H and O–H groups in total. The van der Waals surface area contributed by atoms with Gasteiger partial charge in [0.2, 0.25) is 0 Å². The van der Waals surface area contributed by atoms with Gasteiger partial charge in [-0.05, 0) is 34.1 Å². The Hall–Kier alpha value is -1.24. The molecule has 0 radical (unpaired) electrons. The van der Waals surface area contributed by atoms with Crippen LogP contribution in [0.4, 0.5) is 11.4 Å². The number of ether oxygens (including phenoxy) is 1. The number of carbonyl (C=O) groups excluding carboxylic acids is 1. The molecule has 0 atom stereocenters. The molecule has 0 unspecified atom stereocenters. The molecule has 1 aromatic heterocycles. The number of hydrogen-bond donors (Lipinski definition) is 1. The molecule has 0 aliphatic heterocycles. The normalized spacial score (nSPS) is 10.5. The summed E-state index contributed by atoms with van der Waals surface area (Å²) in [7, 11) is 3.21. The summed E-state index contributed by atoms with van der Waals surface area (Å²) in [6, 6.07) is 5.24. The van der Waals surface area contributed by atoms with Crippen molar-refractivity contribution in [2.45, 2.75) is 6.54 Å². The number of nitrogens with two attached hydrogens (primary N) is 1. The number of esters is 1. The zero-order valence-electron chi connectivity index (χ0n) is 11.5. The minimum Gasteiger partial charge on any atom is -0.465 e. The molecule has 4 nitrogen and oxygen atoms in total. The Kier molecular flexibility index (Phi) is 5.13. The maximum absolute atomic E-state index is 11.9. The number of thiophene rings is 1. The first-order valence-electron chi connectivity index (χ1n) is 6.03. The molecule has 0 aliphatic rings. The molecule has 0 saturated carbocycles. The fraction of sp³-hybridized carbons (Fsp3) is 0.214. The van der Waals surface area contributed by atoms with Gasteiger partial charge in [-0.3, -0.25) is 0 Å². The number of halogens is 2. The van der Waals surface area contributed by atoms with Gasteiger partial charge in [0.25, 0.3) is 0 Å². The summed E-state index contributed by atoms with van der Waals surface area (Å²) in [5.74, 6) is -0.460.